The van der Waals surface area contributed by atoms with E-state index in [9.17, 15) is 24.8 Å². The van der Waals surface area contributed by atoms with Gasteiger partial charge in [-0.3, -0.25) is 14.9 Å². The molecule has 2 N–H and O–H groups in total. The molecular weight excluding hydrogens is 240 g/mol. The predicted molar refractivity (Wildman–Crippen MR) is 63.3 cm³/mol. The molecule has 1 aromatic carbocycles. The number of nitrogens with one attached hydrogen (secondary N) is 1. The first kappa shape index (κ1) is 13.6. The van der Waals surface area contributed by atoms with Crippen LogP contribution in [-0.4, -0.2) is 21.7 Å². The lowest BCUT2D eigenvalue weighted by Gasteiger charge is -2.06. The van der Waals surface area contributed by atoms with E-state index in [2.05, 4.69) is 5.32 Å². The molecule has 1 rings (SSSR count). The van der Waals surface area contributed by atoms with Gasteiger partial charge in [-0.15, -0.1) is 0 Å². The zero-order chi connectivity index (χ0) is 13.7. The van der Waals surface area contributed by atoms with Crippen LogP contribution in [0.4, 0.5) is 11.4 Å². The lowest BCUT2D eigenvalue weighted by atomic mass is 10.2. The van der Waals surface area contributed by atoms with Crippen LogP contribution < -0.4 is 5.32 Å². The topological polar surface area (TPSA) is 110 Å². The molecule has 7 nitrogen and oxygen atoms in total. The van der Waals surface area contributed by atoms with E-state index in [0.29, 0.717) is 0 Å². The van der Waals surface area contributed by atoms with Gasteiger partial charge in [0.15, 0.2) is 0 Å². The molecule has 18 heavy (non-hydrogen) atoms. The summed E-state index contributed by atoms with van der Waals surface area (Å²) in [6.07, 6.45) is 0.116. The number of nitro benzene ring substituents is 1. The molecule has 0 spiro atoms. The van der Waals surface area contributed by atoms with Gasteiger partial charge in [-0.1, -0.05) is 0 Å². The number of ketones is 1. The molecular formula is C11H12N2O5. The van der Waals surface area contributed by atoms with E-state index in [0.717, 1.165) is 6.07 Å². The quantitative estimate of drug-likeness (QED) is 0.470. The zero-order valence-corrected chi connectivity index (χ0v) is 9.67. The molecule has 0 atom stereocenters. The summed E-state index contributed by atoms with van der Waals surface area (Å²) in [4.78, 5) is 31.8. The summed E-state index contributed by atoms with van der Waals surface area (Å²) >= 11 is 0. The number of hydrogen-bond donors (Lipinski definition) is 2. The van der Waals surface area contributed by atoms with Crippen LogP contribution in [0.3, 0.4) is 0 Å². The van der Waals surface area contributed by atoms with Gasteiger partial charge in [-0.2, -0.15) is 0 Å². The van der Waals surface area contributed by atoms with Crippen molar-refractivity contribution in [1.29, 1.82) is 0 Å². The number of carbonyl (C=O) groups is 2. The number of hydrogen-bond acceptors (Lipinski definition) is 5. The molecule has 0 aliphatic rings. The third-order valence-corrected chi connectivity index (χ3v) is 2.17. The smallest absolute Gasteiger partial charge is 0.273 e. The summed E-state index contributed by atoms with van der Waals surface area (Å²) in [5.41, 5.74) is -0.191. The van der Waals surface area contributed by atoms with Crippen LogP contribution in [0.1, 0.15) is 19.8 Å². The molecule has 0 saturated carbocycles. The molecule has 0 aliphatic carbocycles. The lowest BCUT2D eigenvalue weighted by Crippen LogP contribution is -2.12. The number of aromatic hydroxyl groups is 1. The number of amides is 1. The molecule has 0 bridgehead atoms. The lowest BCUT2D eigenvalue weighted by molar-refractivity contribution is -0.384. The summed E-state index contributed by atoms with van der Waals surface area (Å²) in [7, 11) is 0. The monoisotopic (exact) mass is 252 g/mol. The van der Waals surface area contributed by atoms with Crippen LogP contribution in [0.5, 0.6) is 5.75 Å². The van der Waals surface area contributed by atoms with E-state index in [4.69, 9.17) is 0 Å². The third-order valence-electron chi connectivity index (χ3n) is 2.17. The Kier molecular flexibility index (Phi) is 4.36. The maximum absolute atomic E-state index is 11.4. The first-order chi connectivity index (χ1) is 8.40. The van der Waals surface area contributed by atoms with Gasteiger partial charge in [0.05, 0.1) is 16.7 Å². The highest BCUT2D eigenvalue weighted by atomic mass is 16.6. The normalized spacial score (nSPS) is 9.83. The highest BCUT2D eigenvalue weighted by molar-refractivity contribution is 5.94. The Morgan fingerprint density at radius 2 is 2.06 bits per heavy atom. The van der Waals surface area contributed by atoms with Crippen molar-refractivity contribution < 1.29 is 19.6 Å². The maximum Gasteiger partial charge on any atom is 0.273 e. The van der Waals surface area contributed by atoms with Crippen molar-refractivity contribution in [3.8, 4) is 5.75 Å². The van der Waals surface area contributed by atoms with Gasteiger partial charge in [-0.05, 0) is 13.0 Å². The third kappa shape index (κ3) is 3.85. The molecule has 1 aromatic rings. The summed E-state index contributed by atoms with van der Waals surface area (Å²) in [6.45, 7) is 1.37. The van der Waals surface area contributed by atoms with Crippen LogP contribution in [0, 0.1) is 10.1 Å². The van der Waals surface area contributed by atoms with Gasteiger partial charge in [0, 0.05) is 18.9 Å². The minimum absolute atomic E-state index is 0.00572. The minimum atomic E-state index is -0.652. The number of anilines is 1. The molecule has 0 saturated heterocycles. The van der Waals surface area contributed by atoms with Gasteiger partial charge >= 0.3 is 0 Å². The number of benzene rings is 1. The maximum atomic E-state index is 11.4. The molecule has 0 radical (unpaired) electrons. The molecule has 96 valence electrons. The molecule has 0 heterocycles. The van der Waals surface area contributed by atoms with Gasteiger partial charge in [0.1, 0.15) is 11.5 Å². The first-order valence-corrected chi connectivity index (χ1v) is 5.17. The van der Waals surface area contributed by atoms with Crippen molar-refractivity contribution in [2.45, 2.75) is 19.8 Å². The molecule has 0 fully saturated rings. The second kappa shape index (κ2) is 5.76. The van der Waals surface area contributed by atoms with Crippen molar-refractivity contribution in [2.24, 2.45) is 0 Å². The average Bonchev–Trinajstić information content (AvgIpc) is 2.29. The van der Waals surface area contributed by atoms with E-state index >= 15 is 0 Å². The van der Waals surface area contributed by atoms with Crippen LogP contribution in [0.25, 0.3) is 0 Å². The highest BCUT2D eigenvalue weighted by Gasteiger charge is 2.12. The van der Waals surface area contributed by atoms with Crippen molar-refractivity contribution in [3.05, 3.63) is 28.3 Å². The minimum Gasteiger partial charge on any atom is -0.506 e. The molecule has 0 aromatic heterocycles. The number of phenols is 1. The van der Waals surface area contributed by atoms with Crippen LogP contribution >= 0.6 is 0 Å². The largest absolute Gasteiger partial charge is 0.506 e. The van der Waals surface area contributed by atoms with Crippen molar-refractivity contribution in [1.82, 2.24) is 0 Å². The van der Waals surface area contributed by atoms with E-state index in [1.54, 1.807) is 0 Å². The van der Waals surface area contributed by atoms with Crippen LogP contribution in [-0.2, 0) is 9.59 Å². The van der Waals surface area contributed by atoms with Crippen molar-refractivity contribution in [3.63, 3.8) is 0 Å². The van der Waals surface area contributed by atoms with Crippen LogP contribution in [0.2, 0.25) is 0 Å². The summed E-state index contributed by atoms with van der Waals surface area (Å²) in [5, 5.41) is 22.3. The highest BCUT2D eigenvalue weighted by Crippen LogP contribution is 2.27. The number of nitrogens with zero attached hydrogens (tertiary/aromatic N) is 1. The Hall–Kier alpha value is -2.44. The fraction of sp³-hybridized carbons (Fsp3) is 0.273. The zero-order valence-electron chi connectivity index (χ0n) is 9.67. The molecule has 0 unspecified atom stereocenters. The van der Waals surface area contributed by atoms with Crippen LogP contribution in [0.15, 0.2) is 18.2 Å². The van der Waals surface area contributed by atoms with E-state index in [-0.39, 0.29) is 35.7 Å². The van der Waals surface area contributed by atoms with Gasteiger partial charge < -0.3 is 15.2 Å². The van der Waals surface area contributed by atoms with Gasteiger partial charge in [-0.25, -0.2) is 0 Å². The second-order valence-electron chi connectivity index (χ2n) is 3.71. The van der Waals surface area contributed by atoms with Crippen molar-refractivity contribution >= 4 is 23.1 Å². The van der Waals surface area contributed by atoms with E-state index in [1.807, 2.05) is 0 Å². The number of phenolic OH excluding ortho intramolecular Hbond substituents is 1. The van der Waals surface area contributed by atoms with Crippen molar-refractivity contribution in [2.75, 3.05) is 5.32 Å². The van der Waals surface area contributed by atoms with E-state index in [1.165, 1.54) is 19.1 Å². The summed E-state index contributed by atoms with van der Waals surface area (Å²) < 4.78 is 0. The Labute approximate surface area is 103 Å². The number of nitro groups is 1. The Morgan fingerprint density at radius 1 is 1.39 bits per heavy atom. The summed E-state index contributed by atoms with van der Waals surface area (Å²) in [6, 6.07) is 3.35. The first-order valence-electron chi connectivity index (χ1n) is 5.17. The SMILES string of the molecule is CC(=O)CCC(=O)Nc1ccc([N+](=O)[O-])cc1O. The number of carbonyl (C=O) groups excluding carboxylic acids is 2. The Morgan fingerprint density at radius 3 is 2.56 bits per heavy atom. The Bertz CT molecular complexity index is 498. The predicted octanol–water partition coefficient (Wildman–Crippen LogP) is 1.61. The summed E-state index contributed by atoms with van der Waals surface area (Å²) in [5.74, 6) is -0.937. The molecule has 0 aliphatic heterocycles. The number of non-ortho nitro benzene ring substituents is 1. The van der Waals surface area contributed by atoms with Gasteiger partial charge in [0.25, 0.3) is 5.69 Å². The molecule has 1 amide bonds. The standard InChI is InChI=1S/C11H12N2O5/c1-7(14)2-5-11(16)12-9-4-3-8(13(17)18)6-10(9)15/h3-4,6,15H,2,5H2,1H3,(H,12,16). The van der Waals surface area contributed by atoms with E-state index < -0.39 is 10.8 Å². The fourth-order valence-corrected chi connectivity index (χ4v) is 1.24. The fourth-order valence-electron chi connectivity index (χ4n) is 1.24. The number of Topliss-reactive ketones (excluding diaryl/α,β-unsaturated/α-hetero) is 1. The molecule has 7 heteroatoms. The van der Waals surface area contributed by atoms with Gasteiger partial charge in [0.2, 0.25) is 5.91 Å². The average molecular weight is 252 g/mol. The Balaban J connectivity index is 2.70. The second-order valence-corrected chi connectivity index (χ2v) is 3.71. The number of rotatable bonds is 5.